The predicted octanol–water partition coefficient (Wildman–Crippen LogP) is 6.26. The van der Waals surface area contributed by atoms with E-state index in [-0.39, 0.29) is 5.82 Å². The molecule has 0 aromatic heterocycles. The van der Waals surface area contributed by atoms with Crippen LogP contribution in [0.3, 0.4) is 0 Å². The maximum absolute atomic E-state index is 13.8. The molecule has 2 nitrogen and oxygen atoms in total. The van der Waals surface area contributed by atoms with E-state index < -0.39 is 0 Å². The minimum Gasteiger partial charge on any atom is -0.493 e. The molecule has 0 spiro atoms. The lowest BCUT2D eigenvalue weighted by molar-refractivity contribution is 0.357. The van der Waals surface area contributed by atoms with Crippen LogP contribution in [-0.2, 0) is 19.4 Å². The van der Waals surface area contributed by atoms with Crippen molar-refractivity contribution < 1.29 is 9.13 Å². The molecule has 0 atom stereocenters. The van der Waals surface area contributed by atoms with Crippen molar-refractivity contribution in [3.05, 3.63) is 82.1 Å². The first-order chi connectivity index (χ1) is 13.2. The lowest BCUT2D eigenvalue weighted by Crippen LogP contribution is -2.04. The summed E-state index contributed by atoms with van der Waals surface area (Å²) in [6.45, 7) is 3.28. The second kappa shape index (κ2) is 7.61. The minimum absolute atomic E-state index is 0.190. The zero-order valence-electron chi connectivity index (χ0n) is 15.2. The third-order valence-corrected chi connectivity index (χ3v) is 5.32. The van der Waals surface area contributed by atoms with E-state index in [1.807, 2.05) is 30.3 Å². The first kappa shape index (κ1) is 17.9. The number of ether oxygens (including phenoxy) is 1. The quantitative estimate of drug-likeness (QED) is 0.563. The van der Waals surface area contributed by atoms with Crippen LogP contribution in [0, 0.1) is 5.82 Å². The van der Waals surface area contributed by atoms with Gasteiger partial charge in [0.25, 0.3) is 0 Å². The first-order valence-electron chi connectivity index (χ1n) is 9.21. The molecule has 0 bridgehead atoms. The summed E-state index contributed by atoms with van der Waals surface area (Å²) < 4.78 is 19.5. The van der Waals surface area contributed by atoms with Crippen LogP contribution in [0.1, 0.15) is 23.6 Å². The molecule has 0 saturated heterocycles. The summed E-state index contributed by atoms with van der Waals surface area (Å²) in [4.78, 5) is 0. The number of hydrogen-bond acceptors (Lipinski definition) is 2. The molecule has 1 aliphatic heterocycles. The second-order valence-electron chi connectivity index (χ2n) is 6.71. The van der Waals surface area contributed by atoms with Crippen LogP contribution in [-0.4, -0.2) is 6.61 Å². The van der Waals surface area contributed by atoms with Crippen LogP contribution in [0.2, 0.25) is 5.02 Å². The summed E-state index contributed by atoms with van der Waals surface area (Å²) in [6.07, 6.45) is 1.78. The summed E-state index contributed by atoms with van der Waals surface area (Å²) in [5, 5.41) is 4.10. The van der Waals surface area contributed by atoms with E-state index in [0.29, 0.717) is 18.7 Å². The smallest absolute Gasteiger partial charge is 0.128 e. The number of fused-ring (bicyclic) bond motifs is 1. The van der Waals surface area contributed by atoms with Crippen LogP contribution in [0.25, 0.3) is 11.1 Å². The van der Waals surface area contributed by atoms with Gasteiger partial charge in [-0.3, -0.25) is 0 Å². The van der Waals surface area contributed by atoms with Crippen LogP contribution in [0.5, 0.6) is 5.75 Å². The molecule has 0 aliphatic carbocycles. The molecule has 1 aliphatic rings. The number of anilines is 1. The SMILES string of the molecule is CCc1cc(-c2cc3c(cc2Cl)CCO3)ccc1NCc1ccccc1F. The predicted molar refractivity (Wildman–Crippen MR) is 109 cm³/mol. The van der Waals surface area contributed by atoms with Gasteiger partial charge in [-0.05, 0) is 53.4 Å². The summed E-state index contributed by atoms with van der Waals surface area (Å²) in [5.74, 6) is 0.735. The molecule has 0 amide bonds. The number of halogens is 2. The van der Waals surface area contributed by atoms with E-state index in [9.17, 15) is 4.39 Å². The molecule has 27 heavy (non-hydrogen) atoms. The van der Waals surface area contributed by atoms with E-state index in [1.165, 1.54) is 17.2 Å². The number of hydrogen-bond donors (Lipinski definition) is 1. The van der Waals surface area contributed by atoms with E-state index in [1.54, 1.807) is 12.1 Å². The third kappa shape index (κ3) is 3.65. The monoisotopic (exact) mass is 381 g/mol. The fourth-order valence-corrected chi connectivity index (χ4v) is 3.77. The Morgan fingerprint density at radius 1 is 1.07 bits per heavy atom. The second-order valence-corrected chi connectivity index (χ2v) is 7.12. The molecule has 0 unspecified atom stereocenters. The maximum Gasteiger partial charge on any atom is 0.128 e. The van der Waals surface area contributed by atoms with Crippen LogP contribution in [0.15, 0.2) is 54.6 Å². The zero-order valence-corrected chi connectivity index (χ0v) is 15.9. The standard InChI is InChI=1S/C23H21ClFNO/c1-2-15-11-16(19-13-23-17(9-10-27-23)12-20(19)24)7-8-22(15)26-14-18-5-3-4-6-21(18)25/h3-8,11-13,26H,2,9-10,14H2,1H3. The summed E-state index contributed by atoms with van der Waals surface area (Å²) in [6, 6.07) is 17.1. The van der Waals surface area contributed by atoms with Crippen molar-refractivity contribution in [2.75, 3.05) is 11.9 Å². The number of benzene rings is 3. The summed E-state index contributed by atoms with van der Waals surface area (Å²) in [5.41, 5.74) is 6.05. The molecule has 138 valence electrons. The zero-order chi connectivity index (χ0) is 18.8. The van der Waals surface area contributed by atoms with E-state index in [2.05, 4.69) is 18.3 Å². The van der Waals surface area contributed by atoms with Crippen molar-refractivity contribution in [1.82, 2.24) is 0 Å². The maximum atomic E-state index is 13.8. The van der Waals surface area contributed by atoms with Gasteiger partial charge in [-0.2, -0.15) is 0 Å². The van der Waals surface area contributed by atoms with Gasteiger partial charge in [0.15, 0.2) is 0 Å². The highest BCUT2D eigenvalue weighted by atomic mass is 35.5. The lowest BCUT2D eigenvalue weighted by Gasteiger charge is -2.15. The highest BCUT2D eigenvalue weighted by molar-refractivity contribution is 6.33. The van der Waals surface area contributed by atoms with Crippen molar-refractivity contribution in [2.24, 2.45) is 0 Å². The van der Waals surface area contributed by atoms with Gasteiger partial charge in [-0.25, -0.2) is 4.39 Å². The molecule has 1 heterocycles. The topological polar surface area (TPSA) is 21.3 Å². The molecule has 3 aromatic carbocycles. The van der Waals surface area contributed by atoms with E-state index >= 15 is 0 Å². The Morgan fingerprint density at radius 3 is 2.74 bits per heavy atom. The van der Waals surface area contributed by atoms with Crippen molar-refractivity contribution in [3.8, 4) is 16.9 Å². The van der Waals surface area contributed by atoms with Gasteiger partial charge in [0, 0.05) is 34.8 Å². The highest BCUT2D eigenvalue weighted by Gasteiger charge is 2.16. The van der Waals surface area contributed by atoms with Crippen LogP contribution >= 0.6 is 11.6 Å². The molecule has 1 N–H and O–H groups in total. The van der Waals surface area contributed by atoms with E-state index in [4.69, 9.17) is 16.3 Å². The molecule has 0 fully saturated rings. The molecular formula is C23H21ClFNO. The van der Waals surface area contributed by atoms with Crippen LogP contribution < -0.4 is 10.1 Å². The van der Waals surface area contributed by atoms with Gasteiger partial charge in [0.05, 0.1) is 6.61 Å². The largest absolute Gasteiger partial charge is 0.493 e. The number of nitrogens with one attached hydrogen (secondary N) is 1. The Hall–Kier alpha value is -2.52. The van der Waals surface area contributed by atoms with Crippen LogP contribution in [0.4, 0.5) is 10.1 Å². The molecule has 0 radical (unpaired) electrons. The lowest BCUT2D eigenvalue weighted by atomic mass is 9.98. The number of rotatable bonds is 5. The van der Waals surface area contributed by atoms with Gasteiger partial charge in [-0.15, -0.1) is 0 Å². The Labute approximate surface area is 163 Å². The van der Waals surface area contributed by atoms with Crippen molar-refractivity contribution in [2.45, 2.75) is 26.3 Å². The third-order valence-electron chi connectivity index (χ3n) is 5.00. The fourth-order valence-electron chi connectivity index (χ4n) is 3.47. The highest BCUT2D eigenvalue weighted by Crippen LogP contribution is 2.38. The molecule has 4 heteroatoms. The Bertz CT molecular complexity index is 986. The summed E-state index contributed by atoms with van der Waals surface area (Å²) >= 11 is 6.52. The fraction of sp³-hybridized carbons (Fsp3) is 0.217. The van der Waals surface area contributed by atoms with Crippen molar-refractivity contribution >= 4 is 17.3 Å². The Morgan fingerprint density at radius 2 is 1.93 bits per heavy atom. The van der Waals surface area contributed by atoms with Gasteiger partial charge < -0.3 is 10.1 Å². The molecule has 3 aromatic rings. The van der Waals surface area contributed by atoms with Gasteiger partial charge in [0.1, 0.15) is 11.6 Å². The number of aryl methyl sites for hydroxylation is 1. The van der Waals surface area contributed by atoms with E-state index in [0.717, 1.165) is 40.4 Å². The minimum atomic E-state index is -0.190. The normalized spacial score (nSPS) is 12.6. The summed E-state index contributed by atoms with van der Waals surface area (Å²) in [7, 11) is 0. The average Bonchev–Trinajstić information content (AvgIpc) is 3.14. The van der Waals surface area contributed by atoms with Crippen molar-refractivity contribution in [3.63, 3.8) is 0 Å². The molecular weight excluding hydrogens is 361 g/mol. The Balaban J connectivity index is 1.61. The average molecular weight is 382 g/mol. The van der Waals surface area contributed by atoms with Gasteiger partial charge in [-0.1, -0.05) is 42.8 Å². The van der Waals surface area contributed by atoms with Gasteiger partial charge in [0.2, 0.25) is 0 Å². The van der Waals surface area contributed by atoms with Crippen molar-refractivity contribution in [1.29, 1.82) is 0 Å². The molecule has 0 saturated carbocycles. The van der Waals surface area contributed by atoms with Gasteiger partial charge >= 0.3 is 0 Å². The molecule has 4 rings (SSSR count). The Kier molecular flexibility index (Phi) is 5.04. The first-order valence-corrected chi connectivity index (χ1v) is 9.59.